The third-order valence-electron chi connectivity index (χ3n) is 3.27. The van der Waals surface area contributed by atoms with Crippen LogP contribution < -0.4 is 5.56 Å². The Morgan fingerprint density at radius 1 is 1.05 bits per heavy atom. The second-order valence-corrected chi connectivity index (χ2v) is 4.66. The van der Waals surface area contributed by atoms with Gasteiger partial charge in [0.25, 0.3) is 5.56 Å². The number of pyridine rings is 1. The number of aryl methyl sites for hydroxylation is 2. The zero-order valence-electron chi connectivity index (χ0n) is 11.3. The van der Waals surface area contributed by atoms with Crippen LogP contribution in [0.2, 0.25) is 0 Å². The molecule has 2 heterocycles. The fourth-order valence-electron chi connectivity index (χ4n) is 2.32. The topological polar surface area (TPSA) is 48.0 Å². The molecule has 0 aliphatic rings. The van der Waals surface area contributed by atoms with Crippen molar-refractivity contribution in [1.29, 1.82) is 0 Å². The molecular formula is C16H14N2O2. The zero-order valence-corrected chi connectivity index (χ0v) is 11.3. The highest BCUT2D eigenvalue weighted by Gasteiger charge is 2.12. The smallest absolute Gasteiger partial charge is 0.255 e. The van der Waals surface area contributed by atoms with Gasteiger partial charge in [-0.3, -0.25) is 9.36 Å². The number of para-hydroxylation sites is 1. The van der Waals surface area contributed by atoms with E-state index in [0.717, 1.165) is 28.3 Å². The summed E-state index contributed by atoms with van der Waals surface area (Å²) in [5.41, 5.74) is 3.46. The second kappa shape index (κ2) is 4.81. The lowest BCUT2D eigenvalue weighted by Gasteiger charge is -2.08. The Morgan fingerprint density at radius 3 is 2.45 bits per heavy atom. The SMILES string of the molecule is Cc1noc(C)c1-c1ccc(=O)n(-c2ccccc2)c1. The fraction of sp³-hybridized carbons (Fsp3) is 0.125. The summed E-state index contributed by atoms with van der Waals surface area (Å²) in [6.45, 7) is 3.76. The van der Waals surface area contributed by atoms with Crippen LogP contribution in [0.25, 0.3) is 16.8 Å². The van der Waals surface area contributed by atoms with Gasteiger partial charge in [-0.05, 0) is 32.0 Å². The Labute approximate surface area is 116 Å². The van der Waals surface area contributed by atoms with Gasteiger partial charge in [0.05, 0.1) is 5.69 Å². The molecule has 0 fully saturated rings. The van der Waals surface area contributed by atoms with Crippen molar-refractivity contribution >= 4 is 0 Å². The normalized spacial score (nSPS) is 10.7. The third kappa shape index (κ3) is 2.05. The van der Waals surface area contributed by atoms with Crippen molar-refractivity contribution in [3.05, 3.63) is 70.5 Å². The molecule has 0 aliphatic carbocycles. The van der Waals surface area contributed by atoms with E-state index in [-0.39, 0.29) is 5.56 Å². The van der Waals surface area contributed by atoms with Gasteiger partial charge in [0, 0.05) is 29.1 Å². The van der Waals surface area contributed by atoms with Crippen molar-refractivity contribution in [3.8, 4) is 16.8 Å². The molecule has 1 aromatic carbocycles. The summed E-state index contributed by atoms with van der Waals surface area (Å²) in [6, 6.07) is 12.9. The number of benzene rings is 1. The van der Waals surface area contributed by atoms with Crippen LogP contribution in [-0.4, -0.2) is 9.72 Å². The van der Waals surface area contributed by atoms with Crippen LogP contribution in [0.15, 0.2) is 58.0 Å². The van der Waals surface area contributed by atoms with Crippen molar-refractivity contribution in [2.75, 3.05) is 0 Å². The molecule has 0 saturated carbocycles. The lowest BCUT2D eigenvalue weighted by molar-refractivity contribution is 0.393. The van der Waals surface area contributed by atoms with Crippen LogP contribution in [0, 0.1) is 13.8 Å². The monoisotopic (exact) mass is 266 g/mol. The van der Waals surface area contributed by atoms with E-state index >= 15 is 0 Å². The van der Waals surface area contributed by atoms with Gasteiger partial charge in [0.2, 0.25) is 0 Å². The van der Waals surface area contributed by atoms with Crippen molar-refractivity contribution < 1.29 is 4.52 Å². The van der Waals surface area contributed by atoms with E-state index in [1.165, 1.54) is 0 Å². The number of nitrogens with zero attached hydrogens (tertiary/aromatic N) is 2. The Balaban J connectivity index is 2.20. The Hall–Kier alpha value is -2.62. The molecule has 3 aromatic rings. The van der Waals surface area contributed by atoms with Crippen molar-refractivity contribution in [2.24, 2.45) is 0 Å². The summed E-state index contributed by atoms with van der Waals surface area (Å²) < 4.78 is 6.81. The first-order valence-electron chi connectivity index (χ1n) is 6.38. The highest BCUT2D eigenvalue weighted by atomic mass is 16.5. The van der Waals surface area contributed by atoms with E-state index in [4.69, 9.17) is 4.52 Å². The lowest BCUT2D eigenvalue weighted by Crippen LogP contribution is -2.16. The quantitative estimate of drug-likeness (QED) is 0.716. The molecule has 100 valence electrons. The number of hydrogen-bond donors (Lipinski definition) is 0. The van der Waals surface area contributed by atoms with E-state index in [0.29, 0.717) is 0 Å². The zero-order chi connectivity index (χ0) is 14.1. The van der Waals surface area contributed by atoms with Crippen LogP contribution in [0.5, 0.6) is 0 Å². The van der Waals surface area contributed by atoms with Crippen molar-refractivity contribution in [3.63, 3.8) is 0 Å². The third-order valence-corrected chi connectivity index (χ3v) is 3.27. The molecule has 0 saturated heterocycles. The summed E-state index contributed by atoms with van der Waals surface area (Å²) in [4.78, 5) is 12.0. The van der Waals surface area contributed by atoms with Crippen molar-refractivity contribution in [1.82, 2.24) is 9.72 Å². The minimum Gasteiger partial charge on any atom is -0.361 e. The van der Waals surface area contributed by atoms with Gasteiger partial charge in [0.1, 0.15) is 5.76 Å². The molecule has 0 unspecified atom stereocenters. The van der Waals surface area contributed by atoms with E-state index in [1.807, 2.05) is 50.4 Å². The van der Waals surface area contributed by atoms with Gasteiger partial charge < -0.3 is 4.52 Å². The molecule has 0 bridgehead atoms. The maximum absolute atomic E-state index is 12.0. The summed E-state index contributed by atoms with van der Waals surface area (Å²) >= 11 is 0. The Morgan fingerprint density at radius 2 is 1.80 bits per heavy atom. The molecule has 0 spiro atoms. The second-order valence-electron chi connectivity index (χ2n) is 4.66. The molecule has 0 radical (unpaired) electrons. The molecule has 2 aromatic heterocycles. The standard InChI is InChI=1S/C16H14N2O2/c1-11-16(12(2)20-17-11)13-8-9-15(19)18(10-13)14-6-4-3-5-7-14/h3-10H,1-2H3. The highest BCUT2D eigenvalue weighted by molar-refractivity contribution is 5.67. The molecule has 4 nitrogen and oxygen atoms in total. The molecule has 20 heavy (non-hydrogen) atoms. The summed E-state index contributed by atoms with van der Waals surface area (Å²) in [7, 11) is 0. The first-order chi connectivity index (χ1) is 9.66. The predicted octanol–water partition coefficient (Wildman–Crippen LogP) is 3.11. The molecule has 0 amide bonds. The molecule has 4 heteroatoms. The largest absolute Gasteiger partial charge is 0.361 e. The molecule has 3 rings (SSSR count). The minimum atomic E-state index is -0.0632. The van der Waals surface area contributed by atoms with Gasteiger partial charge in [-0.15, -0.1) is 0 Å². The van der Waals surface area contributed by atoms with E-state index < -0.39 is 0 Å². The number of hydrogen-bond acceptors (Lipinski definition) is 3. The van der Waals surface area contributed by atoms with Gasteiger partial charge in [0.15, 0.2) is 0 Å². The first-order valence-corrected chi connectivity index (χ1v) is 6.38. The predicted molar refractivity (Wildman–Crippen MR) is 77.0 cm³/mol. The van der Waals surface area contributed by atoms with E-state index in [9.17, 15) is 4.79 Å². The fourth-order valence-corrected chi connectivity index (χ4v) is 2.32. The average Bonchev–Trinajstić information content (AvgIpc) is 2.80. The Kier molecular flexibility index (Phi) is 2.99. The minimum absolute atomic E-state index is 0.0632. The molecule has 0 N–H and O–H groups in total. The van der Waals surface area contributed by atoms with Crippen molar-refractivity contribution in [2.45, 2.75) is 13.8 Å². The van der Waals surface area contributed by atoms with E-state index in [1.54, 1.807) is 16.7 Å². The number of rotatable bonds is 2. The molecule has 0 atom stereocenters. The van der Waals surface area contributed by atoms with Crippen LogP contribution in [0.1, 0.15) is 11.5 Å². The van der Waals surface area contributed by atoms with Gasteiger partial charge in [-0.25, -0.2) is 0 Å². The lowest BCUT2D eigenvalue weighted by atomic mass is 10.1. The summed E-state index contributed by atoms with van der Waals surface area (Å²) in [5.74, 6) is 0.751. The highest BCUT2D eigenvalue weighted by Crippen LogP contribution is 2.26. The summed E-state index contributed by atoms with van der Waals surface area (Å²) in [5, 5.41) is 3.95. The van der Waals surface area contributed by atoms with Gasteiger partial charge >= 0.3 is 0 Å². The summed E-state index contributed by atoms with van der Waals surface area (Å²) in [6.07, 6.45) is 1.82. The number of aromatic nitrogens is 2. The van der Waals surface area contributed by atoms with Gasteiger partial charge in [-0.2, -0.15) is 0 Å². The van der Waals surface area contributed by atoms with Crippen LogP contribution in [0.3, 0.4) is 0 Å². The Bertz CT molecular complexity index is 781. The molecular weight excluding hydrogens is 252 g/mol. The maximum atomic E-state index is 12.0. The van der Waals surface area contributed by atoms with Gasteiger partial charge in [-0.1, -0.05) is 23.4 Å². The van der Waals surface area contributed by atoms with Crippen LogP contribution >= 0.6 is 0 Å². The average molecular weight is 266 g/mol. The van der Waals surface area contributed by atoms with Crippen LogP contribution in [0.4, 0.5) is 0 Å². The van der Waals surface area contributed by atoms with Crippen LogP contribution in [-0.2, 0) is 0 Å². The van der Waals surface area contributed by atoms with E-state index in [2.05, 4.69) is 5.16 Å². The molecule has 0 aliphatic heterocycles. The first kappa shape index (κ1) is 12.4. The maximum Gasteiger partial charge on any atom is 0.255 e.